The van der Waals surface area contributed by atoms with Crippen molar-refractivity contribution in [1.29, 1.82) is 0 Å². The lowest BCUT2D eigenvalue weighted by atomic mass is 10.1. The summed E-state index contributed by atoms with van der Waals surface area (Å²) in [6.07, 6.45) is 5.04. The zero-order valence-corrected chi connectivity index (χ0v) is 7.50. The van der Waals surface area contributed by atoms with Gasteiger partial charge in [-0.15, -0.1) is 6.42 Å². The van der Waals surface area contributed by atoms with Crippen LogP contribution in [0.15, 0.2) is 0 Å². The molecule has 64 valence electrons. The van der Waals surface area contributed by atoms with Crippen molar-refractivity contribution in [2.75, 3.05) is 13.1 Å². The number of carbonyl (C=O) groups is 1. The van der Waals surface area contributed by atoms with Crippen molar-refractivity contribution in [1.82, 2.24) is 4.90 Å². The molecule has 0 aromatic heterocycles. The van der Waals surface area contributed by atoms with Gasteiger partial charge in [-0.2, -0.15) is 0 Å². The summed E-state index contributed by atoms with van der Waals surface area (Å²) in [5.74, 6) is 3.43. The molecular weight excluding hydrogens is 150 g/mol. The van der Waals surface area contributed by atoms with Crippen molar-refractivity contribution in [2.24, 2.45) is 17.3 Å². The number of hydrogen-bond acceptors (Lipinski definition) is 1. The summed E-state index contributed by atoms with van der Waals surface area (Å²) < 4.78 is 0. The van der Waals surface area contributed by atoms with Crippen LogP contribution in [0.25, 0.3) is 0 Å². The molecule has 0 N–H and O–H groups in total. The number of rotatable bonds is 0. The largest absolute Gasteiger partial charge is 0.331 e. The third kappa shape index (κ3) is 0.797. The van der Waals surface area contributed by atoms with Gasteiger partial charge in [-0.25, -0.2) is 0 Å². The van der Waals surface area contributed by atoms with Crippen molar-refractivity contribution >= 4 is 5.91 Å². The molecule has 1 aliphatic heterocycles. The fraction of sp³-hybridized carbons (Fsp3) is 0.700. The van der Waals surface area contributed by atoms with E-state index in [0.29, 0.717) is 17.3 Å². The van der Waals surface area contributed by atoms with Crippen LogP contribution >= 0.6 is 0 Å². The summed E-state index contributed by atoms with van der Waals surface area (Å²) >= 11 is 0. The van der Waals surface area contributed by atoms with E-state index < -0.39 is 0 Å². The first-order valence-corrected chi connectivity index (χ1v) is 4.33. The maximum Gasteiger partial charge on any atom is 0.298 e. The average Bonchev–Trinajstić information content (AvgIpc) is 2.52. The second-order valence-electron chi connectivity index (χ2n) is 4.39. The second kappa shape index (κ2) is 2.04. The van der Waals surface area contributed by atoms with Gasteiger partial charge in [0.15, 0.2) is 0 Å². The van der Waals surface area contributed by atoms with Crippen molar-refractivity contribution in [3.63, 3.8) is 0 Å². The van der Waals surface area contributed by atoms with Gasteiger partial charge in [0.1, 0.15) is 0 Å². The number of likely N-dealkylation sites (tertiary alicyclic amines) is 1. The molecule has 0 spiro atoms. The highest BCUT2D eigenvalue weighted by atomic mass is 16.2. The smallest absolute Gasteiger partial charge is 0.298 e. The number of terminal acetylenes is 1. The Labute approximate surface area is 72.9 Å². The van der Waals surface area contributed by atoms with E-state index in [-0.39, 0.29) is 5.91 Å². The molecule has 2 aliphatic rings. The molecule has 0 radical (unpaired) electrons. The van der Waals surface area contributed by atoms with Crippen LogP contribution in [0.3, 0.4) is 0 Å². The van der Waals surface area contributed by atoms with Crippen molar-refractivity contribution in [3.05, 3.63) is 0 Å². The molecule has 1 amide bonds. The number of carbonyl (C=O) groups excluding carboxylic acids is 1. The van der Waals surface area contributed by atoms with E-state index in [2.05, 4.69) is 19.8 Å². The Morgan fingerprint density at radius 2 is 2.00 bits per heavy atom. The van der Waals surface area contributed by atoms with Gasteiger partial charge < -0.3 is 4.90 Å². The molecule has 0 aromatic rings. The fourth-order valence-electron chi connectivity index (χ4n) is 2.39. The topological polar surface area (TPSA) is 20.3 Å². The molecule has 2 unspecified atom stereocenters. The first kappa shape index (κ1) is 7.67. The Bertz CT molecular complexity index is 260. The summed E-state index contributed by atoms with van der Waals surface area (Å²) in [5, 5.41) is 0. The molecular formula is C10H13NO. The highest BCUT2D eigenvalue weighted by Crippen LogP contribution is 2.61. The Kier molecular flexibility index (Phi) is 1.30. The number of fused-ring (bicyclic) bond motifs is 1. The van der Waals surface area contributed by atoms with Gasteiger partial charge in [0.25, 0.3) is 5.91 Å². The Hall–Kier alpha value is -0.970. The molecule has 2 heteroatoms. The third-order valence-electron chi connectivity index (χ3n) is 3.53. The minimum absolute atomic E-state index is 0.141. The van der Waals surface area contributed by atoms with Crippen LogP contribution in [0.5, 0.6) is 0 Å². The van der Waals surface area contributed by atoms with E-state index in [0.717, 1.165) is 13.1 Å². The average molecular weight is 163 g/mol. The van der Waals surface area contributed by atoms with E-state index in [9.17, 15) is 4.79 Å². The molecule has 2 rings (SSSR count). The highest BCUT2D eigenvalue weighted by molar-refractivity contribution is 5.93. The maximum atomic E-state index is 11.1. The Balaban J connectivity index is 1.99. The SMILES string of the molecule is C#CC(=O)N1CC2C(C1)C2(C)C. The minimum Gasteiger partial charge on any atom is -0.331 e. The maximum absolute atomic E-state index is 11.1. The number of amides is 1. The molecule has 2 atom stereocenters. The third-order valence-corrected chi connectivity index (χ3v) is 3.53. The zero-order valence-electron chi connectivity index (χ0n) is 7.50. The fourth-order valence-corrected chi connectivity index (χ4v) is 2.39. The van der Waals surface area contributed by atoms with E-state index in [1.54, 1.807) is 4.90 Å². The van der Waals surface area contributed by atoms with Gasteiger partial charge in [0.05, 0.1) is 0 Å². The van der Waals surface area contributed by atoms with Crippen LogP contribution < -0.4 is 0 Å². The van der Waals surface area contributed by atoms with E-state index in [4.69, 9.17) is 6.42 Å². The van der Waals surface area contributed by atoms with Crippen LogP contribution in [-0.4, -0.2) is 23.9 Å². The molecule has 0 aromatic carbocycles. The van der Waals surface area contributed by atoms with Crippen molar-refractivity contribution in [2.45, 2.75) is 13.8 Å². The lowest BCUT2D eigenvalue weighted by Gasteiger charge is -2.19. The molecule has 1 saturated heterocycles. The lowest BCUT2D eigenvalue weighted by Crippen LogP contribution is -2.31. The standard InChI is InChI=1S/C10H13NO/c1-4-9(12)11-5-7-8(6-11)10(7,2)3/h1,7-8H,5-6H2,2-3H3. The van der Waals surface area contributed by atoms with Gasteiger partial charge in [0.2, 0.25) is 0 Å². The van der Waals surface area contributed by atoms with Gasteiger partial charge >= 0.3 is 0 Å². The summed E-state index contributed by atoms with van der Waals surface area (Å²) in [6, 6.07) is 0. The molecule has 2 fully saturated rings. The number of nitrogens with zero attached hydrogens (tertiary/aromatic N) is 1. The van der Waals surface area contributed by atoms with Gasteiger partial charge in [0, 0.05) is 13.1 Å². The van der Waals surface area contributed by atoms with Gasteiger partial charge in [-0.3, -0.25) is 4.79 Å². The molecule has 0 bridgehead atoms. The van der Waals surface area contributed by atoms with Crippen LogP contribution in [0.2, 0.25) is 0 Å². The Morgan fingerprint density at radius 3 is 2.42 bits per heavy atom. The van der Waals surface area contributed by atoms with Gasteiger partial charge in [-0.1, -0.05) is 13.8 Å². The minimum atomic E-state index is -0.141. The van der Waals surface area contributed by atoms with Gasteiger partial charge in [-0.05, 0) is 23.2 Å². The summed E-state index contributed by atoms with van der Waals surface area (Å²) in [6.45, 7) is 6.28. The number of hydrogen-bond donors (Lipinski definition) is 0. The van der Waals surface area contributed by atoms with Crippen LogP contribution in [0.1, 0.15) is 13.8 Å². The monoisotopic (exact) mass is 163 g/mol. The Morgan fingerprint density at radius 1 is 1.50 bits per heavy atom. The molecule has 1 aliphatic carbocycles. The first-order chi connectivity index (χ1) is 5.57. The first-order valence-electron chi connectivity index (χ1n) is 4.33. The molecule has 12 heavy (non-hydrogen) atoms. The van der Waals surface area contributed by atoms with E-state index in [1.807, 2.05) is 0 Å². The summed E-state index contributed by atoms with van der Waals surface area (Å²) in [5.41, 5.74) is 0.464. The summed E-state index contributed by atoms with van der Waals surface area (Å²) in [7, 11) is 0. The van der Waals surface area contributed by atoms with E-state index in [1.165, 1.54) is 0 Å². The number of piperidine rings is 1. The molecule has 1 saturated carbocycles. The van der Waals surface area contributed by atoms with Crippen molar-refractivity contribution in [3.8, 4) is 12.3 Å². The second-order valence-corrected chi connectivity index (χ2v) is 4.39. The van der Waals surface area contributed by atoms with Crippen LogP contribution in [0.4, 0.5) is 0 Å². The molecule has 1 heterocycles. The normalized spacial score (nSPS) is 35.6. The summed E-state index contributed by atoms with van der Waals surface area (Å²) in [4.78, 5) is 12.9. The van der Waals surface area contributed by atoms with E-state index >= 15 is 0 Å². The molecule has 2 nitrogen and oxygen atoms in total. The van der Waals surface area contributed by atoms with Crippen molar-refractivity contribution < 1.29 is 4.79 Å². The quantitative estimate of drug-likeness (QED) is 0.482. The van der Waals surface area contributed by atoms with Crippen LogP contribution in [-0.2, 0) is 4.79 Å². The van der Waals surface area contributed by atoms with Crippen LogP contribution in [0, 0.1) is 29.6 Å². The predicted octanol–water partition coefficient (Wildman–Crippen LogP) is 0.734. The predicted molar refractivity (Wildman–Crippen MR) is 46.2 cm³/mol. The highest BCUT2D eigenvalue weighted by Gasteiger charge is 2.62. The lowest BCUT2D eigenvalue weighted by molar-refractivity contribution is -0.124. The zero-order chi connectivity index (χ0) is 8.93.